The number of carbonyl (C=O) groups excluding carboxylic acids is 1. The molecule has 2 heteroatoms. The van der Waals surface area contributed by atoms with E-state index in [-0.39, 0.29) is 5.92 Å². The number of Topliss-reactive ketones (excluding diaryl/α,β-unsaturated/α-hetero) is 1. The van der Waals surface area contributed by atoms with Gasteiger partial charge in [-0.3, -0.25) is 4.79 Å². The summed E-state index contributed by atoms with van der Waals surface area (Å²) in [4.78, 5) is 12.8. The lowest BCUT2D eigenvalue weighted by atomic mass is 9.79. The molecule has 0 unspecified atom stereocenters. The minimum atomic E-state index is 0.222. The van der Waals surface area contributed by atoms with Crippen LogP contribution in [0, 0.1) is 5.92 Å². The largest absolute Gasteiger partial charge is 0.490 e. The highest BCUT2D eigenvalue weighted by molar-refractivity contribution is 6.00. The van der Waals surface area contributed by atoms with Gasteiger partial charge < -0.3 is 4.74 Å². The molecule has 2 fully saturated rings. The highest BCUT2D eigenvalue weighted by Crippen LogP contribution is 2.39. The van der Waals surface area contributed by atoms with Crippen LogP contribution in [0.3, 0.4) is 0 Å². The molecule has 2 aliphatic carbocycles. The maximum atomic E-state index is 12.8. The van der Waals surface area contributed by atoms with Crippen LogP contribution in [0.1, 0.15) is 80.6 Å². The summed E-state index contributed by atoms with van der Waals surface area (Å²) in [7, 11) is 0. The van der Waals surface area contributed by atoms with E-state index in [9.17, 15) is 4.79 Å². The summed E-state index contributed by atoms with van der Waals surface area (Å²) >= 11 is 0. The monoisotopic (exact) mass is 362 g/mol. The summed E-state index contributed by atoms with van der Waals surface area (Å²) < 4.78 is 6.42. The summed E-state index contributed by atoms with van der Waals surface area (Å²) in [5.74, 6) is 1.88. The first-order valence-corrected chi connectivity index (χ1v) is 10.6. The third-order valence-electron chi connectivity index (χ3n) is 6.21. The molecule has 2 nitrogen and oxygen atoms in total. The number of hydrogen-bond acceptors (Lipinski definition) is 2. The minimum Gasteiger partial charge on any atom is -0.490 e. The van der Waals surface area contributed by atoms with Crippen molar-refractivity contribution >= 4 is 5.78 Å². The quantitative estimate of drug-likeness (QED) is 0.529. The summed E-state index contributed by atoms with van der Waals surface area (Å²) in [6, 6.07) is 14.7. The maximum Gasteiger partial charge on any atom is 0.165 e. The summed E-state index contributed by atoms with van der Waals surface area (Å²) in [6.07, 6.45) is 8.34. The lowest BCUT2D eigenvalue weighted by molar-refractivity contribution is 0.0855. The zero-order valence-corrected chi connectivity index (χ0v) is 16.5. The first kappa shape index (κ1) is 18.3. The van der Waals surface area contributed by atoms with Crippen molar-refractivity contribution in [3.05, 3.63) is 53.6 Å². The number of benzene rings is 2. The Bertz CT molecular complexity index is 811. The Hall–Kier alpha value is -2.09. The van der Waals surface area contributed by atoms with Crippen molar-refractivity contribution in [3.63, 3.8) is 0 Å². The molecule has 0 spiro atoms. The minimum absolute atomic E-state index is 0.222. The van der Waals surface area contributed by atoms with Gasteiger partial charge in [0.1, 0.15) is 5.75 Å². The molecule has 2 aliphatic rings. The van der Waals surface area contributed by atoms with Crippen LogP contribution in [-0.4, -0.2) is 11.9 Å². The van der Waals surface area contributed by atoms with E-state index in [0.717, 1.165) is 42.6 Å². The molecule has 27 heavy (non-hydrogen) atoms. The lowest BCUT2D eigenvalue weighted by Crippen LogP contribution is -2.22. The van der Waals surface area contributed by atoms with Crippen molar-refractivity contribution in [1.82, 2.24) is 0 Å². The molecule has 0 atom stereocenters. The zero-order chi connectivity index (χ0) is 18.8. The Morgan fingerprint density at radius 2 is 1.67 bits per heavy atom. The average molecular weight is 363 g/mol. The molecule has 0 aliphatic heterocycles. The van der Waals surface area contributed by atoms with E-state index >= 15 is 0 Å². The molecule has 0 N–H and O–H groups in total. The van der Waals surface area contributed by atoms with Gasteiger partial charge in [0.15, 0.2) is 5.78 Å². The fourth-order valence-corrected chi connectivity index (χ4v) is 4.33. The van der Waals surface area contributed by atoms with Crippen LogP contribution >= 0.6 is 0 Å². The van der Waals surface area contributed by atoms with Gasteiger partial charge in [0, 0.05) is 17.0 Å². The predicted molar refractivity (Wildman–Crippen MR) is 111 cm³/mol. The number of ether oxygens (including phenoxy) is 1. The standard InChI is InChI=1S/C25H30O2/c1-17(2)21-12-5-6-13-22(21)23-16-19(25(26)18-8-7-9-18)14-15-24(23)27-20-10-3-4-11-20/h5-6,12-18,20H,3-4,7-11H2,1-2H3. The molecule has 0 aromatic heterocycles. The second-order valence-corrected chi connectivity index (χ2v) is 8.47. The molecule has 0 heterocycles. The number of ketones is 1. The predicted octanol–water partition coefficient (Wildman–Crippen LogP) is 6.78. The van der Waals surface area contributed by atoms with Gasteiger partial charge >= 0.3 is 0 Å². The molecule has 2 aromatic rings. The fraction of sp³-hybridized carbons (Fsp3) is 0.480. The highest BCUT2D eigenvalue weighted by Gasteiger charge is 2.27. The number of hydrogen-bond donors (Lipinski definition) is 0. The highest BCUT2D eigenvalue weighted by atomic mass is 16.5. The topological polar surface area (TPSA) is 26.3 Å². The van der Waals surface area contributed by atoms with E-state index in [2.05, 4.69) is 44.2 Å². The van der Waals surface area contributed by atoms with Gasteiger partial charge in [-0.1, -0.05) is 44.5 Å². The first-order valence-electron chi connectivity index (χ1n) is 10.6. The van der Waals surface area contributed by atoms with E-state index in [0.29, 0.717) is 17.8 Å². The second kappa shape index (κ2) is 7.88. The van der Waals surface area contributed by atoms with Crippen LogP contribution < -0.4 is 4.74 Å². The Morgan fingerprint density at radius 3 is 2.33 bits per heavy atom. The molecule has 2 saturated carbocycles. The third kappa shape index (κ3) is 3.81. The summed E-state index contributed by atoms with van der Waals surface area (Å²) in [5, 5.41) is 0. The number of rotatable bonds is 6. The molecule has 0 saturated heterocycles. The van der Waals surface area contributed by atoms with Crippen molar-refractivity contribution in [2.24, 2.45) is 5.92 Å². The van der Waals surface area contributed by atoms with Crippen molar-refractivity contribution in [3.8, 4) is 16.9 Å². The molecule has 0 radical (unpaired) electrons. The smallest absolute Gasteiger partial charge is 0.165 e. The molecule has 4 rings (SSSR count). The van der Waals surface area contributed by atoms with Crippen molar-refractivity contribution in [1.29, 1.82) is 0 Å². The van der Waals surface area contributed by atoms with Crippen LogP contribution in [-0.2, 0) is 0 Å². The van der Waals surface area contributed by atoms with Crippen molar-refractivity contribution in [2.45, 2.75) is 70.8 Å². The van der Waals surface area contributed by atoms with E-state index in [4.69, 9.17) is 4.74 Å². The second-order valence-electron chi connectivity index (χ2n) is 8.47. The molecule has 0 bridgehead atoms. The van der Waals surface area contributed by atoms with Gasteiger partial charge in [-0.25, -0.2) is 0 Å². The van der Waals surface area contributed by atoms with E-state index in [1.54, 1.807) is 0 Å². The fourth-order valence-electron chi connectivity index (χ4n) is 4.33. The molecule has 2 aromatic carbocycles. The molecular formula is C25H30O2. The van der Waals surface area contributed by atoms with Crippen molar-refractivity contribution in [2.75, 3.05) is 0 Å². The zero-order valence-electron chi connectivity index (χ0n) is 16.5. The third-order valence-corrected chi connectivity index (χ3v) is 6.21. The van der Waals surface area contributed by atoms with Crippen LogP contribution in [0.2, 0.25) is 0 Å². The van der Waals surface area contributed by atoms with Gasteiger partial charge in [-0.2, -0.15) is 0 Å². The molecular weight excluding hydrogens is 332 g/mol. The van der Waals surface area contributed by atoms with Crippen LogP contribution in [0.5, 0.6) is 5.75 Å². The average Bonchev–Trinajstić information content (AvgIpc) is 3.13. The molecule has 142 valence electrons. The van der Waals surface area contributed by atoms with Gasteiger partial charge in [-0.15, -0.1) is 0 Å². The Balaban J connectivity index is 1.76. The number of carbonyl (C=O) groups is 1. The van der Waals surface area contributed by atoms with E-state index in [1.807, 2.05) is 12.1 Å². The van der Waals surface area contributed by atoms with Crippen LogP contribution in [0.25, 0.3) is 11.1 Å². The summed E-state index contributed by atoms with van der Waals surface area (Å²) in [6.45, 7) is 4.44. The van der Waals surface area contributed by atoms with E-state index < -0.39 is 0 Å². The van der Waals surface area contributed by atoms with Crippen LogP contribution in [0.4, 0.5) is 0 Å². The Labute approximate surface area is 162 Å². The van der Waals surface area contributed by atoms with Gasteiger partial charge in [-0.05, 0) is 73.8 Å². The van der Waals surface area contributed by atoms with Crippen LogP contribution in [0.15, 0.2) is 42.5 Å². The molecule has 0 amide bonds. The SMILES string of the molecule is CC(C)c1ccccc1-c1cc(C(=O)C2CCC2)ccc1OC1CCCC1. The van der Waals surface area contributed by atoms with E-state index in [1.165, 1.54) is 30.4 Å². The first-order chi connectivity index (χ1) is 13.1. The Morgan fingerprint density at radius 1 is 0.926 bits per heavy atom. The lowest BCUT2D eigenvalue weighted by Gasteiger charge is -2.25. The maximum absolute atomic E-state index is 12.8. The van der Waals surface area contributed by atoms with Gasteiger partial charge in [0.05, 0.1) is 6.10 Å². The summed E-state index contributed by atoms with van der Waals surface area (Å²) in [5.41, 5.74) is 4.43. The van der Waals surface area contributed by atoms with Crippen molar-refractivity contribution < 1.29 is 9.53 Å². The van der Waals surface area contributed by atoms with Gasteiger partial charge in [0.25, 0.3) is 0 Å². The Kier molecular flexibility index (Phi) is 5.33. The normalized spacial score (nSPS) is 17.9. The van der Waals surface area contributed by atoms with Gasteiger partial charge in [0.2, 0.25) is 0 Å².